The largest absolute Gasteiger partial charge is 0.450 e. The van der Waals surface area contributed by atoms with Gasteiger partial charge in [0.05, 0.1) is 17.0 Å². The molecule has 166 valence electrons. The first-order chi connectivity index (χ1) is 15.8. The Morgan fingerprint density at radius 3 is 2.18 bits per heavy atom. The summed E-state index contributed by atoms with van der Waals surface area (Å²) in [5.41, 5.74) is 4.70. The fourth-order valence-corrected chi connectivity index (χ4v) is 4.56. The zero-order valence-electron chi connectivity index (χ0n) is 19.4. The predicted octanol–water partition coefficient (Wildman–Crippen LogP) is 6.40. The second-order valence-electron chi connectivity index (χ2n) is 9.64. The van der Waals surface area contributed by atoms with E-state index in [9.17, 15) is 9.59 Å². The Bertz CT molecular complexity index is 1410. The summed E-state index contributed by atoms with van der Waals surface area (Å²) in [5.74, 6) is -0.162. The van der Waals surface area contributed by atoms with E-state index in [1.807, 2.05) is 42.5 Å². The molecule has 1 amide bonds. The van der Waals surface area contributed by atoms with Gasteiger partial charge in [-0.3, -0.25) is 14.5 Å². The maximum atomic E-state index is 13.7. The monoisotopic (exact) mass is 437 g/mol. The zero-order chi connectivity index (χ0) is 23.3. The number of amides is 1. The summed E-state index contributed by atoms with van der Waals surface area (Å²) in [4.78, 5) is 29.0. The highest BCUT2D eigenvalue weighted by Gasteiger charge is 2.43. The van der Waals surface area contributed by atoms with Gasteiger partial charge in [0.25, 0.3) is 5.91 Å². The number of fused-ring (bicyclic) bond motifs is 2. The molecule has 1 unspecified atom stereocenters. The van der Waals surface area contributed by atoms with E-state index in [1.165, 1.54) is 11.1 Å². The number of aryl methyl sites for hydroxylation is 1. The summed E-state index contributed by atoms with van der Waals surface area (Å²) in [7, 11) is 0. The maximum Gasteiger partial charge on any atom is 0.295 e. The number of anilines is 1. The van der Waals surface area contributed by atoms with E-state index < -0.39 is 6.04 Å². The number of para-hydroxylation sites is 1. The molecule has 1 aliphatic heterocycles. The van der Waals surface area contributed by atoms with E-state index in [4.69, 9.17) is 4.42 Å². The van der Waals surface area contributed by atoms with Gasteiger partial charge in [0.1, 0.15) is 5.58 Å². The maximum absolute atomic E-state index is 13.7. The van der Waals surface area contributed by atoms with Crippen molar-refractivity contribution in [3.63, 3.8) is 0 Å². The van der Waals surface area contributed by atoms with Gasteiger partial charge in [0, 0.05) is 5.69 Å². The van der Waals surface area contributed by atoms with Crippen LogP contribution in [0.5, 0.6) is 0 Å². The number of carbonyl (C=O) groups excluding carboxylic acids is 1. The van der Waals surface area contributed by atoms with Gasteiger partial charge < -0.3 is 4.42 Å². The van der Waals surface area contributed by atoms with Crippen LogP contribution in [0.2, 0.25) is 0 Å². The van der Waals surface area contributed by atoms with Crippen LogP contribution in [0.4, 0.5) is 5.69 Å². The summed E-state index contributed by atoms with van der Waals surface area (Å²) in [6.45, 7) is 8.59. The summed E-state index contributed by atoms with van der Waals surface area (Å²) in [5, 5.41) is 0.489. The third-order valence-electron chi connectivity index (χ3n) is 6.49. The van der Waals surface area contributed by atoms with Gasteiger partial charge in [-0.2, -0.15) is 0 Å². The van der Waals surface area contributed by atoms with Crippen molar-refractivity contribution in [3.8, 4) is 0 Å². The summed E-state index contributed by atoms with van der Waals surface area (Å²) >= 11 is 0. The van der Waals surface area contributed by atoms with Gasteiger partial charge >= 0.3 is 0 Å². The van der Waals surface area contributed by atoms with E-state index in [0.29, 0.717) is 16.5 Å². The molecule has 4 aromatic rings. The summed E-state index contributed by atoms with van der Waals surface area (Å²) in [6, 6.07) is 22.7. The average Bonchev–Trinajstić information content (AvgIpc) is 3.11. The lowest BCUT2D eigenvalue weighted by molar-refractivity contribution is 0.0971. The van der Waals surface area contributed by atoms with E-state index in [2.05, 4.69) is 39.8 Å². The Morgan fingerprint density at radius 1 is 0.879 bits per heavy atom. The molecule has 5 rings (SSSR count). The number of benzene rings is 3. The molecule has 1 aliphatic rings. The first kappa shape index (κ1) is 21.2. The second kappa shape index (κ2) is 7.73. The molecule has 1 atom stereocenters. The van der Waals surface area contributed by atoms with Gasteiger partial charge in [0.2, 0.25) is 5.76 Å². The Balaban J connectivity index is 1.74. The lowest BCUT2D eigenvalue weighted by atomic mass is 9.86. The molecule has 0 bridgehead atoms. The van der Waals surface area contributed by atoms with Crippen LogP contribution in [0.3, 0.4) is 0 Å². The molecule has 0 saturated carbocycles. The zero-order valence-corrected chi connectivity index (χ0v) is 19.4. The molecule has 0 saturated heterocycles. The molecule has 0 aliphatic carbocycles. The molecule has 33 heavy (non-hydrogen) atoms. The quantitative estimate of drug-likeness (QED) is 0.372. The van der Waals surface area contributed by atoms with Gasteiger partial charge in [-0.25, -0.2) is 0 Å². The number of hydrogen-bond donors (Lipinski definition) is 0. The molecule has 0 fully saturated rings. The Kier molecular flexibility index (Phi) is 4.97. The van der Waals surface area contributed by atoms with Crippen molar-refractivity contribution in [3.05, 3.63) is 111 Å². The lowest BCUT2D eigenvalue weighted by Gasteiger charge is -2.26. The summed E-state index contributed by atoms with van der Waals surface area (Å²) < 4.78 is 6.03. The fraction of sp³-hybridized carbons (Fsp3) is 0.241. The van der Waals surface area contributed by atoms with E-state index in [0.717, 1.165) is 17.7 Å². The van der Waals surface area contributed by atoms with Crippen LogP contribution in [0.25, 0.3) is 11.0 Å². The van der Waals surface area contributed by atoms with Crippen molar-refractivity contribution in [2.24, 2.45) is 0 Å². The van der Waals surface area contributed by atoms with E-state index in [1.54, 1.807) is 23.1 Å². The fourth-order valence-electron chi connectivity index (χ4n) is 4.56. The molecular formula is C29H27NO3. The smallest absolute Gasteiger partial charge is 0.295 e. The topological polar surface area (TPSA) is 50.5 Å². The summed E-state index contributed by atoms with van der Waals surface area (Å²) in [6.07, 6.45) is 0.914. The number of hydrogen-bond acceptors (Lipinski definition) is 3. The van der Waals surface area contributed by atoms with E-state index in [-0.39, 0.29) is 22.5 Å². The van der Waals surface area contributed by atoms with Crippen LogP contribution in [0.1, 0.15) is 66.5 Å². The Morgan fingerprint density at radius 2 is 1.55 bits per heavy atom. The SMILES string of the molecule is CCc1ccc(N2C(=O)c3oc4ccccc4c(=O)c3C2c2ccc(C(C)(C)C)cc2)cc1. The predicted molar refractivity (Wildman–Crippen MR) is 132 cm³/mol. The van der Waals surface area contributed by atoms with Crippen molar-refractivity contribution < 1.29 is 9.21 Å². The number of rotatable bonds is 3. The molecule has 3 aromatic carbocycles. The van der Waals surface area contributed by atoms with Gasteiger partial charge in [-0.1, -0.05) is 76.2 Å². The Hall–Kier alpha value is -3.66. The normalized spacial score (nSPS) is 15.8. The minimum atomic E-state index is -0.546. The van der Waals surface area contributed by atoms with Crippen LogP contribution in [-0.2, 0) is 11.8 Å². The highest BCUT2D eigenvalue weighted by molar-refractivity contribution is 6.10. The third-order valence-corrected chi connectivity index (χ3v) is 6.49. The minimum Gasteiger partial charge on any atom is -0.450 e. The van der Waals surface area contributed by atoms with Gasteiger partial charge in [0.15, 0.2) is 5.43 Å². The van der Waals surface area contributed by atoms with Crippen LogP contribution in [-0.4, -0.2) is 5.91 Å². The molecule has 2 heterocycles. The first-order valence-electron chi connectivity index (χ1n) is 11.4. The van der Waals surface area contributed by atoms with Crippen LogP contribution >= 0.6 is 0 Å². The van der Waals surface area contributed by atoms with Crippen LogP contribution in [0.15, 0.2) is 82.0 Å². The Labute approximate surface area is 193 Å². The van der Waals surface area contributed by atoms with E-state index >= 15 is 0 Å². The number of carbonyl (C=O) groups is 1. The van der Waals surface area contributed by atoms with Gasteiger partial charge in [-0.15, -0.1) is 0 Å². The molecular weight excluding hydrogens is 410 g/mol. The minimum absolute atomic E-state index is 0.00678. The van der Waals surface area contributed by atoms with Crippen LogP contribution < -0.4 is 10.3 Å². The lowest BCUT2D eigenvalue weighted by Crippen LogP contribution is -2.29. The standard InChI is InChI=1S/C29H27NO3/c1-5-18-10-16-21(17-11-18)30-25(19-12-14-20(15-13-19)29(2,3)4)24-26(31)22-8-6-7-9-23(22)33-27(24)28(30)32/h6-17,25H,5H2,1-4H3. The number of nitrogens with zero attached hydrogens (tertiary/aromatic N) is 1. The first-order valence-corrected chi connectivity index (χ1v) is 11.4. The van der Waals surface area contributed by atoms with Gasteiger partial charge in [-0.05, 0) is 52.8 Å². The second-order valence-corrected chi connectivity index (χ2v) is 9.64. The van der Waals surface area contributed by atoms with Crippen molar-refractivity contribution in [1.29, 1.82) is 0 Å². The van der Waals surface area contributed by atoms with Crippen molar-refractivity contribution in [1.82, 2.24) is 0 Å². The average molecular weight is 438 g/mol. The molecule has 4 heteroatoms. The van der Waals surface area contributed by atoms with Crippen molar-refractivity contribution >= 4 is 22.6 Å². The van der Waals surface area contributed by atoms with Crippen molar-refractivity contribution in [2.45, 2.75) is 45.6 Å². The van der Waals surface area contributed by atoms with Crippen molar-refractivity contribution in [2.75, 3.05) is 4.90 Å². The third kappa shape index (κ3) is 3.46. The molecule has 0 spiro atoms. The molecule has 0 radical (unpaired) electrons. The molecule has 0 N–H and O–H groups in total. The molecule has 4 nitrogen and oxygen atoms in total. The molecule has 1 aromatic heterocycles. The van der Waals surface area contributed by atoms with Crippen LogP contribution in [0, 0.1) is 0 Å². The highest BCUT2D eigenvalue weighted by atomic mass is 16.3. The highest BCUT2D eigenvalue weighted by Crippen LogP contribution is 2.41.